The van der Waals surface area contributed by atoms with E-state index in [-0.39, 0.29) is 0 Å². The van der Waals surface area contributed by atoms with Crippen LogP contribution in [0.25, 0.3) is 10.9 Å². The van der Waals surface area contributed by atoms with Crippen LogP contribution >= 0.6 is 0 Å². The van der Waals surface area contributed by atoms with Gasteiger partial charge in [0.1, 0.15) is 0 Å². The molecular weight excluding hydrogens is 210 g/mol. The minimum absolute atomic E-state index is 0.349. The molecule has 0 radical (unpaired) electrons. The van der Waals surface area contributed by atoms with Crippen LogP contribution in [0.4, 0.5) is 8.78 Å². The van der Waals surface area contributed by atoms with Gasteiger partial charge in [0.2, 0.25) is 0 Å². The predicted molar refractivity (Wildman–Crippen MR) is 58.4 cm³/mol. The lowest BCUT2D eigenvalue weighted by Gasteiger charge is -2.12. The first kappa shape index (κ1) is 9.78. The van der Waals surface area contributed by atoms with E-state index in [1.54, 1.807) is 12.1 Å². The maximum Gasteiger partial charge on any atom is 0.168 e. The van der Waals surface area contributed by atoms with Crippen molar-refractivity contribution in [3.8, 4) is 0 Å². The first-order valence-corrected chi connectivity index (χ1v) is 5.42. The van der Waals surface area contributed by atoms with Crippen LogP contribution in [0.5, 0.6) is 0 Å². The Bertz CT molecular complexity index is 527. The molecule has 0 saturated carbocycles. The summed E-state index contributed by atoms with van der Waals surface area (Å²) < 4.78 is 28.6. The Morgan fingerprint density at radius 2 is 2.12 bits per heavy atom. The maximum atomic E-state index is 13.5. The molecule has 1 fully saturated rings. The summed E-state index contributed by atoms with van der Waals surface area (Å²) in [5.41, 5.74) is 0.771. The molecule has 2 heterocycles. The van der Waals surface area contributed by atoms with Crippen molar-refractivity contribution >= 4 is 10.9 Å². The van der Waals surface area contributed by atoms with E-state index in [0.29, 0.717) is 11.4 Å². The molecule has 16 heavy (non-hydrogen) atoms. The predicted octanol–water partition coefficient (Wildman–Crippen LogP) is 2.45. The summed E-state index contributed by atoms with van der Waals surface area (Å²) in [6.45, 7) is 1.87. The van der Waals surface area contributed by atoms with Crippen LogP contribution in [0.1, 0.15) is 12.5 Å². The second-order valence-corrected chi connectivity index (χ2v) is 4.16. The molecule has 0 spiro atoms. The highest BCUT2D eigenvalue weighted by molar-refractivity contribution is 5.81. The monoisotopic (exact) mass is 222 g/mol. The highest BCUT2D eigenvalue weighted by Crippen LogP contribution is 2.26. The van der Waals surface area contributed by atoms with Crippen LogP contribution in [0, 0.1) is 11.6 Å². The van der Waals surface area contributed by atoms with E-state index in [9.17, 15) is 8.78 Å². The number of fused-ring (bicyclic) bond motifs is 1. The Labute approximate surface area is 91.9 Å². The summed E-state index contributed by atoms with van der Waals surface area (Å²) in [5, 5.41) is 3.63. The van der Waals surface area contributed by atoms with Crippen LogP contribution in [0.2, 0.25) is 0 Å². The third-order valence-corrected chi connectivity index (χ3v) is 3.22. The second-order valence-electron chi connectivity index (χ2n) is 4.16. The number of aromatic nitrogens is 1. The van der Waals surface area contributed by atoms with Crippen LogP contribution < -0.4 is 5.32 Å². The van der Waals surface area contributed by atoms with Gasteiger partial charge in [0.05, 0.1) is 5.52 Å². The summed E-state index contributed by atoms with van der Waals surface area (Å²) in [4.78, 5) is 0. The normalized spacial score (nSPS) is 20.8. The molecule has 1 aromatic heterocycles. The van der Waals surface area contributed by atoms with E-state index in [1.807, 2.05) is 10.8 Å². The molecule has 0 amide bonds. The van der Waals surface area contributed by atoms with E-state index in [1.165, 1.54) is 6.07 Å². The molecule has 1 N–H and O–H groups in total. The first-order chi connectivity index (χ1) is 7.77. The average Bonchev–Trinajstić information content (AvgIpc) is 2.91. The number of nitrogens with one attached hydrogen (secondary N) is 1. The van der Waals surface area contributed by atoms with Crippen molar-refractivity contribution in [2.45, 2.75) is 12.5 Å². The minimum Gasteiger partial charge on any atom is -0.343 e. The molecule has 2 aromatic rings. The van der Waals surface area contributed by atoms with Gasteiger partial charge in [0.25, 0.3) is 0 Å². The molecule has 1 aliphatic heterocycles. The topological polar surface area (TPSA) is 17.0 Å². The highest BCUT2D eigenvalue weighted by Gasteiger charge is 2.19. The molecule has 1 saturated heterocycles. The summed E-state index contributed by atoms with van der Waals surface area (Å²) >= 11 is 0. The third-order valence-electron chi connectivity index (χ3n) is 3.22. The lowest BCUT2D eigenvalue weighted by Crippen LogP contribution is -2.12. The smallest absolute Gasteiger partial charge is 0.168 e. The van der Waals surface area contributed by atoms with Crippen molar-refractivity contribution in [2.75, 3.05) is 13.1 Å². The summed E-state index contributed by atoms with van der Waals surface area (Å²) in [7, 11) is 0. The van der Waals surface area contributed by atoms with E-state index in [0.717, 1.165) is 25.0 Å². The van der Waals surface area contributed by atoms with Crippen molar-refractivity contribution in [3.05, 3.63) is 36.0 Å². The molecule has 2 nitrogen and oxygen atoms in total. The number of nitrogens with zero attached hydrogens (tertiary/aromatic N) is 1. The van der Waals surface area contributed by atoms with Crippen LogP contribution in [-0.4, -0.2) is 17.7 Å². The molecule has 4 heteroatoms. The lowest BCUT2D eigenvalue weighted by atomic mass is 10.2. The average molecular weight is 222 g/mol. The van der Waals surface area contributed by atoms with Crippen molar-refractivity contribution in [3.63, 3.8) is 0 Å². The van der Waals surface area contributed by atoms with E-state index in [2.05, 4.69) is 5.32 Å². The van der Waals surface area contributed by atoms with Gasteiger partial charge in [-0.1, -0.05) is 0 Å². The standard InChI is InChI=1S/C12H12F2N2/c13-10-1-2-11-9(12(10)14)4-6-16(11)8-3-5-15-7-8/h1-2,4,6,8,15H,3,5,7H2. The van der Waals surface area contributed by atoms with Crippen LogP contribution in [0.3, 0.4) is 0 Å². The minimum atomic E-state index is -0.783. The fourth-order valence-electron chi connectivity index (χ4n) is 2.37. The zero-order chi connectivity index (χ0) is 11.1. The number of hydrogen-bond donors (Lipinski definition) is 1. The van der Waals surface area contributed by atoms with Gasteiger partial charge in [-0.15, -0.1) is 0 Å². The molecule has 1 unspecified atom stereocenters. The van der Waals surface area contributed by atoms with Crippen molar-refractivity contribution < 1.29 is 8.78 Å². The molecule has 84 valence electrons. The zero-order valence-corrected chi connectivity index (χ0v) is 8.71. The van der Waals surface area contributed by atoms with Crippen LogP contribution in [0.15, 0.2) is 24.4 Å². The Balaban J connectivity index is 2.16. The summed E-state index contributed by atoms with van der Waals surface area (Å²) in [6.07, 6.45) is 2.87. The van der Waals surface area contributed by atoms with Gasteiger partial charge in [-0.25, -0.2) is 8.78 Å². The number of benzene rings is 1. The molecule has 3 rings (SSSR count). The molecule has 1 aromatic carbocycles. The Morgan fingerprint density at radius 1 is 1.25 bits per heavy atom. The van der Waals surface area contributed by atoms with Crippen molar-refractivity contribution in [1.29, 1.82) is 0 Å². The number of rotatable bonds is 1. The highest BCUT2D eigenvalue weighted by atomic mass is 19.2. The van der Waals surface area contributed by atoms with Crippen molar-refractivity contribution in [1.82, 2.24) is 9.88 Å². The largest absolute Gasteiger partial charge is 0.343 e. The van der Waals surface area contributed by atoms with Crippen LogP contribution in [-0.2, 0) is 0 Å². The van der Waals surface area contributed by atoms with Gasteiger partial charge in [-0.2, -0.15) is 0 Å². The van der Waals surface area contributed by atoms with E-state index < -0.39 is 11.6 Å². The lowest BCUT2D eigenvalue weighted by molar-refractivity contribution is 0.516. The first-order valence-electron chi connectivity index (χ1n) is 5.42. The van der Waals surface area contributed by atoms with Gasteiger partial charge in [0.15, 0.2) is 11.6 Å². The zero-order valence-electron chi connectivity index (χ0n) is 8.71. The molecular formula is C12H12F2N2. The molecule has 0 bridgehead atoms. The van der Waals surface area contributed by atoms with Gasteiger partial charge in [-0.3, -0.25) is 0 Å². The van der Waals surface area contributed by atoms with Gasteiger partial charge < -0.3 is 9.88 Å². The molecule has 1 atom stereocenters. The molecule has 1 aliphatic rings. The number of hydrogen-bond acceptors (Lipinski definition) is 1. The SMILES string of the molecule is Fc1ccc2c(ccn2C2CCNC2)c1F. The summed E-state index contributed by atoms with van der Waals surface area (Å²) in [6, 6.07) is 4.83. The maximum absolute atomic E-state index is 13.5. The van der Waals surface area contributed by atoms with E-state index >= 15 is 0 Å². The quantitative estimate of drug-likeness (QED) is 0.784. The fourth-order valence-corrected chi connectivity index (χ4v) is 2.37. The van der Waals surface area contributed by atoms with Gasteiger partial charge >= 0.3 is 0 Å². The number of halogens is 2. The molecule has 0 aliphatic carbocycles. The van der Waals surface area contributed by atoms with Gasteiger partial charge in [-0.05, 0) is 31.2 Å². The van der Waals surface area contributed by atoms with Gasteiger partial charge in [0, 0.05) is 24.2 Å². The summed E-state index contributed by atoms with van der Waals surface area (Å²) in [5.74, 6) is -1.53. The second kappa shape index (κ2) is 3.56. The third kappa shape index (κ3) is 1.33. The van der Waals surface area contributed by atoms with E-state index in [4.69, 9.17) is 0 Å². The Hall–Kier alpha value is -1.42. The van der Waals surface area contributed by atoms with Crippen molar-refractivity contribution in [2.24, 2.45) is 0 Å². The Morgan fingerprint density at radius 3 is 2.88 bits per heavy atom. The fraction of sp³-hybridized carbons (Fsp3) is 0.333. The Kier molecular flexibility index (Phi) is 2.17.